The van der Waals surface area contributed by atoms with Gasteiger partial charge in [-0.3, -0.25) is 0 Å². The lowest BCUT2D eigenvalue weighted by Crippen LogP contribution is -2.07. The van der Waals surface area contributed by atoms with Gasteiger partial charge in [0.1, 0.15) is 0 Å². The van der Waals surface area contributed by atoms with Crippen LogP contribution in [-0.4, -0.2) is 0 Å². The third-order valence-corrected chi connectivity index (χ3v) is 3.55. The topological polar surface area (TPSA) is 52.0 Å². The average molecular weight is 242 g/mol. The Morgan fingerprint density at radius 2 is 1.94 bits per heavy atom. The summed E-state index contributed by atoms with van der Waals surface area (Å²) in [7, 11) is 0. The molecule has 96 valence electrons. The Kier molecular flexibility index (Phi) is 3.75. The fraction of sp³-hybridized carbons (Fsp3) is 0.375. The molecule has 2 rings (SSSR count). The molecule has 0 bridgehead atoms. The van der Waals surface area contributed by atoms with Gasteiger partial charge in [0.15, 0.2) is 0 Å². The van der Waals surface area contributed by atoms with Gasteiger partial charge < -0.3 is 11.5 Å². The van der Waals surface area contributed by atoms with Crippen LogP contribution in [0.3, 0.4) is 0 Å². The molecule has 1 aliphatic carbocycles. The maximum atomic E-state index is 6.32. The van der Waals surface area contributed by atoms with Crippen molar-refractivity contribution in [2.75, 3.05) is 0 Å². The van der Waals surface area contributed by atoms with E-state index in [2.05, 4.69) is 38.1 Å². The molecule has 0 unspecified atom stereocenters. The molecule has 0 fully saturated rings. The van der Waals surface area contributed by atoms with Crippen molar-refractivity contribution in [2.45, 2.75) is 33.1 Å². The number of rotatable bonds is 2. The van der Waals surface area contributed by atoms with Crippen LogP contribution >= 0.6 is 0 Å². The van der Waals surface area contributed by atoms with Gasteiger partial charge in [-0.05, 0) is 42.4 Å². The molecule has 1 aromatic rings. The fourth-order valence-corrected chi connectivity index (χ4v) is 2.30. The summed E-state index contributed by atoms with van der Waals surface area (Å²) < 4.78 is 0. The number of hydrogen-bond acceptors (Lipinski definition) is 2. The number of hydrogen-bond donors (Lipinski definition) is 2. The van der Waals surface area contributed by atoms with Crippen molar-refractivity contribution < 1.29 is 0 Å². The minimum Gasteiger partial charge on any atom is -0.402 e. The van der Waals surface area contributed by atoms with Gasteiger partial charge in [-0.2, -0.15) is 0 Å². The number of aryl methyl sites for hydroxylation is 1. The minimum absolute atomic E-state index is 0.365. The number of allylic oxidation sites excluding steroid dienone is 3. The van der Waals surface area contributed by atoms with E-state index in [1.807, 2.05) is 6.07 Å². The van der Waals surface area contributed by atoms with E-state index in [0.29, 0.717) is 5.92 Å². The molecule has 0 radical (unpaired) electrons. The molecular formula is C16H22N2. The quantitative estimate of drug-likeness (QED) is 0.836. The smallest absolute Gasteiger partial charge is 0.0423 e. The summed E-state index contributed by atoms with van der Waals surface area (Å²) in [4.78, 5) is 0. The van der Waals surface area contributed by atoms with Crippen LogP contribution in [-0.2, 0) is 6.42 Å². The lowest BCUT2D eigenvalue weighted by Gasteiger charge is -2.10. The largest absolute Gasteiger partial charge is 0.402 e. The monoisotopic (exact) mass is 242 g/mol. The predicted molar refractivity (Wildman–Crippen MR) is 77.6 cm³/mol. The van der Waals surface area contributed by atoms with Crippen molar-refractivity contribution in [2.24, 2.45) is 17.4 Å². The molecule has 1 aliphatic rings. The molecule has 2 heteroatoms. The zero-order valence-electron chi connectivity index (χ0n) is 11.2. The standard InChI is InChI=1S/C16H22N2/c1-11(2)15(17)10-13-8-5-7-12-6-3-4-9-14(12)16(13)18/h3-4,6,9-11H,5,7-8,17-18H2,1-2H3/b15-10-. The molecule has 0 saturated carbocycles. The van der Waals surface area contributed by atoms with E-state index in [0.717, 1.165) is 30.7 Å². The summed E-state index contributed by atoms with van der Waals surface area (Å²) in [6, 6.07) is 8.40. The Bertz CT molecular complexity index is 496. The van der Waals surface area contributed by atoms with E-state index >= 15 is 0 Å². The Hall–Kier alpha value is -1.70. The van der Waals surface area contributed by atoms with E-state index in [9.17, 15) is 0 Å². The second-order valence-corrected chi connectivity index (χ2v) is 5.25. The zero-order valence-corrected chi connectivity index (χ0v) is 11.2. The third-order valence-electron chi connectivity index (χ3n) is 3.55. The molecule has 0 saturated heterocycles. The number of benzene rings is 1. The SMILES string of the molecule is CC(C)/C(N)=C/C1=C(N)c2ccccc2CCC1. The molecule has 0 spiro atoms. The first-order chi connectivity index (χ1) is 8.59. The number of fused-ring (bicyclic) bond motifs is 1. The van der Waals surface area contributed by atoms with Gasteiger partial charge in [0, 0.05) is 17.0 Å². The molecule has 0 atom stereocenters. The normalized spacial score (nSPS) is 16.7. The van der Waals surface area contributed by atoms with Crippen molar-refractivity contribution >= 4 is 5.70 Å². The Labute approximate surface area is 109 Å². The second-order valence-electron chi connectivity index (χ2n) is 5.25. The Morgan fingerprint density at radius 1 is 1.22 bits per heavy atom. The van der Waals surface area contributed by atoms with Crippen LogP contribution in [0.2, 0.25) is 0 Å². The first-order valence-corrected chi connectivity index (χ1v) is 6.63. The highest BCUT2D eigenvalue weighted by molar-refractivity contribution is 5.71. The van der Waals surface area contributed by atoms with Gasteiger partial charge >= 0.3 is 0 Å². The Balaban J connectivity index is 2.45. The van der Waals surface area contributed by atoms with Gasteiger partial charge in [-0.1, -0.05) is 38.1 Å². The lowest BCUT2D eigenvalue weighted by atomic mass is 10.0. The van der Waals surface area contributed by atoms with E-state index < -0.39 is 0 Å². The van der Waals surface area contributed by atoms with Crippen LogP contribution in [0.4, 0.5) is 0 Å². The van der Waals surface area contributed by atoms with Crippen LogP contribution in [0, 0.1) is 5.92 Å². The third kappa shape index (κ3) is 2.58. The summed E-state index contributed by atoms with van der Waals surface area (Å²) in [6.45, 7) is 4.21. The summed E-state index contributed by atoms with van der Waals surface area (Å²) in [5.41, 5.74) is 17.9. The first kappa shape index (κ1) is 12.7. The van der Waals surface area contributed by atoms with Crippen LogP contribution < -0.4 is 11.5 Å². The summed E-state index contributed by atoms with van der Waals surface area (Å²) in [5.74, 6) is 0.365. The molecule has 0 aromatic heterocycles. The van der Waals surface area contributed by atoms with Gasteiger partial charge in [0.05, 0.1) is 0 Å². The highest BCUT2D eigenvalue weighted by Crippen LogP contribution is 2.28. The van der Waals surface area contributed by atoms with Crippen molar-refractivity contribution in [3.63, 3.8) is 0 Å². The van der Waals surface area contributed by atoms with Gasteiger partial charge in [-0.25, -0.2) is 0 Å². The molecule has 0 aliphatic heterocycles. The highest BCUT2D eigenvalue weighted by Gasteiger charge is 2.13. The molecule has 18 heavy (non-hydrogen) atoms. The van der Waals surface area contributed by atoms with Gasteiger partial charge in [0.25, 0.3) is 0 Å². The maximum absolute atomic E-state index is 6.32. The maximum Gasteiger partial charge on any atom is 0.0423 e. The average Bonchev–Trinajstić information content (AvgIpc) is 2.51. The zero-order chi connectivity index (χ0) is 13.1. The van der Waals surface area contributed by atoms with E-state index in [4.69, 9.17) is 11.5 Å². The Morgan fingerprint density at radius 3 is 2.67 bits per heavy atom. The molecule has 0 heterocycles. The molecule has 1 aromatic carbocycles. The van der Waals surface area contributed by atoms with Crippen molar-refractivity contribution in [3.8, 4) is 0 Å². The molecule has 2 nitrogen and oxygen atoms in total. The highest BCUT2D eigenvalue weighted by atomic mass is 14.6. The van der Waals surface area contributed by atoms with Crippen LogP contribution in [0.15, 0.2) is 41.6 Å². The van der Waals surface area contributed by atoms with Crippen molar-refractivity contribution in [3.05, 3.63) is 52.7 Å². The van der Waals surface area contributed by atoms with E-state index in [1.165, 1.54) is 16.7 Å². The molecule has 4 N–H and O–H groups in total. The fourth-order valence-electron chi connectivity index (χ4n) is 2.30. The summed E-state index contributed by atoms with van der Waals surface area (Å²) in [6.07, 6.45) is 5.31. The lowest BCUT2D eigenvalue weighted by molar-refractivity contribution is 0.751. The van der Waals surface area contributed by atoms with Gasteiger partial charge in [-0.15, -0.1) is 0 Å². The van der Waals surface area contributed by atoms with Gasteiger partial charge in [0.2, 0.25) is 0 Å². The summed E-state index contributed by atoms with van der Waals surface area (Å²) >= 11 is 0. The minimum atomic E-state index is 0.365. The predicted octanol–water partition coefficient (Wildman–Crippen LogP) is 3.19. The van der Waals surface area contributed by atoms with Crippen LogP contribution in [0.5, 0.6) is 0 Å². The molecule has 0 amide bonds. The number of nitrogens with two attached hydrogens (primary N) is 2. The van der Waals surface area contributed by atoms with Crippen LogP contribution in [0.25, 0.3) is 5.70 Å². The van der Waals surface area contributed by atoms with Crippen LogP contribution in [0.1, 0.15) is 37.8 Å². The van der Waals surface area contributed by atoms with E-state index in [1.54, 1.807) is 0 Å². The van der Waals surface area contributed by atoms with Crippen molar-refractivity contribution in [1.29, 1.82) is 0 Å². The van der Waals surface area contributed by atoms with E-state index in [-0.39, 0.29) is 0 Å². The first-order valence-electron chi connectivity index (χ1n) is 6.63. The summed E-state index contributed by atoms with van der Waals surface area (Å²) in [5, 5.41) is 0. The van der Waals surface area contributed by atoms with Crippen molar-refractivity contribution in [1.82, 2.24) is 0 Å². The molecular weight excluding hydrogens is 220 g/mol. The second kappa shape index (κ2) is 5.30.